The van der Waals surface area contributed by atoms with E-state index in [0.717, 1.165) is 13.0 Å². The van der Waals surface area contributed by atoms with E-state index in [1.54, 1.807) is 38.4 Å². The van der Waals surface area contributed by atoms with E-state index < -0.39 is 5.82 Å². The molecule has 8 nitrogen and oxygen atoms in total. The lowest BCUT2D eigenvalue weighted by Gasteiger charge is -2.36. The van der Waals surface area contributed by atoms with Gasteiger partial charge < -0.3 is 20.1 Å². The van der Waals surface area contributed by atoms with Crippen molar-refractivity contribution in [2.24, 2.45) is 0 Å². The molecule has 3 aromatic rings. The van der Waals surface area contributed by atoms with E-state index in [9.17, 15) is 9.18 Å². The van der Waals surface area contributed by atoms with E-state index in [4.69, 9.17) is 21.1 Å². The lowest BCUT2D eigenvalue weighted by atomic mass is 9.99. The summed E-state index contributed by atoms with van der Waals surface area (Å²) in [6.07, 6.45) is 2.51. The third-order valence-corrected chi connectivity index (χ3v) is 6.08. The van der Waals surface area contributed by atoms with Gasteiger partial charge in [-0.1, -0.05) is 17.7 Å². The summed E-state index contributed by atoms with van der Waals surface area (Å²) in [6, 6.07) is 7.95. The average Bonchev–Trinajstić information content (AvgIpc) is 2.82. The van der Waals surface area contributed by atoms with Crippen LogP contribution >= 0.6 is 11.6 Å². The van der Waals surface area contributed by atoms with Crippen molar-refractivity contribution in [1.29, 1.82) is 0 Å². The van der Waals surface area contributed by atoms with Gasteiger partial charge in [0.25, 0.3) is 0 Å². The summed E-state index contributed by atoms with van der Waals surface area (Å²) in [4.78, 5) is 22.9. The summed E-state index contributed by atoms with van der Waals surface area (Å²) in [7, 11) is 5.11. The number of methoxy groups -OCH3 is 1. The first-order valence-electron chi connectivity index (χ1n) is 10.5. The zero-order valence-electron chi connectivity index (χ0n) is 18.6. The Morgan fingerprint density at radius 3 is 2.85 bits per heavy atom. The topological polar surface area (TPSA) is 88.6 Å². The number of nitrogens with zero attached hydrogens (tertiary/aromatic N) is 3. The predicted molar refractivity (Wildman–Crippen MR) is 125 cm³/mol. The summed E-state index contributed by atoms with van der Waals surface area (Å²) in [6.45, 7) is 0.725. The highest BCUT2D eigenvalue weighted by atomic mass is 35.5. The molecule has 4 rings (SSSR count). The van der Waals surface area contributed by atoms with Crippen molar-refractivity contribution < 1.29 is 18.7 Å². The van der Waals surface area contributed by atoms with Crippen molar-refractivity contribution in [2.75, 3.05) is 33.1 Å². The molecule has 2 atom stereocenters. The highest BCUT2D eigenvalue weighted by molar-refractivity contribution is 6.31. The van der Waals surface area contributed by atoms with Crippen LogP contribution in [0.15, 0.2) is 36.7 Å². The molecule has 2 aromatic carbocycles. The fourth-order valence-electron chi connectivity index (χ4n) is 3.95. The smallest absolute Gasteiger partial charge is 0.237 e. The van der Waals surface area contributed by atoms with Crippen LogP contribution in [0.25, 0.3) is 10.9 Å². The Labute approximate surface area is 196 Å². The first-order valence-corrected chi connectivity index (χ1v) is 10.9. The number of carbonyl (C=O) groups excluding carboxylic acids is 1. The molecule has 1 aliphatic rings. The molecule has 1 aromatic heterocycles. The van der Waals surface area contributed by atoms with Crippen LogP contribution in [0.5, 0.6) is 11.5 Å². The summed E-state index contributed by atoms with van der Waals surface area (Å²) in [5.41, 5.74) is 0.801. The summed E-state index contributed by atoms with van der Waals surface area (Å²) in [5, 5.41) is 6.34. The molecule has 0 radical (unpaired) electrons. The van der Waals surface area contributed by atoms with Crippen molar-refractivity contribution >= 4 is 39.9 Å². The number of benzene rings is 2. The fourth-order valence-corrected chi connectivity index (χ4v) is 4.13. The van der Waals surface area contributed by atoms with Gasteiger partial charge in [-0.25, -0.2) is 14.4 Å². The maximum absolute atomic E-state index is 14.4. The van der Waals surface area contributed by atoms with Crippen LogP contribution in [0.2, 0.25) is 5.02 Å². The number of aromatic nitrogens is 2. The van der Waals surface area contributed by atoms with Crippen LogP contribution in [-0.4, -0.2) is 60.7 Å². The molecule has 0 spiro atoms. The molecule has 2 heterocycles. The van der Waals surface area contributed by atoms with Gasteiger partial charge in [-0.05, 0) is 31.7 Å². The second-order valence-electron chi connectivity index (χ2n) is 7.84. The van der Waals surface area contributed by atoms with E-state index in [2.05, 4.69) is 20.6 Å². The maximum Gasteiger partial charge on any atom is 0.237 e. The molecule has 2 N–H and O–H groups in total. The lowest BCUT2D eigenvalue weighted by Crippen LogP contribution is -2.51. The van der Waals surface area contributed by atoms with Gasteiger partial charge in [0.1, 0.15) is 18.2 Å². The van der Waals surface area contributed by atoms with Crippen molar-refractivity contribution in [3.8, 4) is 11.5 Å². The minimum atomic E-state index is -0.567. The van der Waals surface area contributed by atoms with Crippen LogP contribution in [0, 0.1) is 5.82 Å². The Hall–Kier alpha value is -3.17. The van der Waals surface area contributed by atoms with Crippen LogP contribution < -0.4 is 20.1 Å². The Bertz CT molecular complexity index is 1180. The Morgan fingerprint density at radius 1 is 1.27 bits per heavy atom. The van der Waals surface area contributed by atoms with Gasteiger partial charge >= 0.3 is 0 Å². The van der Waals surface area contributed by atoms with Gasteiger partial charge in [-0.2, -0.15) is 0 Å². The molecule has 174 valence electrons. The minimum absolute atomic E-state index is 0.0111. The van der Waals surface area contributed by atoms with Gasteiger partial charge in [-0.15, -0.1) is 0 Å². The van der Waals surface area contributed by atoms with Crippen LogP contribution in [-0.2, 0) is 4.79 Å². The Balaban J connectivity index is 1.66. The number of fused-ring (bicyclic) bond motifs is 1. The zero-order chi connectivity index (χ0) is 23.5. The average molecular weight is 474 g/mol. The number of likely N-dealkylation sites (N-methyl/N-ethyl adjacent to an activating group) is 2. The monoisotopic (exact) mass is 473 g/mol. The number of carbonyl (C=O) groups is 1. The molecule has 10 heteroatoms. The molecule has 1 saturated heterocycles. The molecule has 0 unspecified atom stereocenters. The number of anilines is 2. The van der Waals surface area contributed by atoms with E-state index in [0.29, 0.717) is 34.6 Å². The SMILES string of the molecule is CNC(=O)[C@@H]1C[C@@H](Oc2cc3c(Nc4cccc(Cl)c4F)ncnc3cc2OC)CCN1C. The Morgan fingerprint density at radius 2 is 2.09 bits per heavy atom. The first kappa shape index (κ1) is 23.0. The number of rotatable bonds is 6. The van der Waals surface area contributed by atoms with Gasteiger partial charge in [0.05, 0.1) is 29.4 Å². The second kappa shape index (κ2) is 9.76. The predicted octanol–water partition coefficient (Wildman–Crippen LogP) is 3.76. The third-order valence-electron chi connectivity index (χ3n) is 5.79. The molecule has 0 saturated carbocycles. The van der Waals surface area contributed by atoms with Gasteiger partial charge in [0, 0.05) is 31.5 Å². The summed E-state index contributed by atoms with van der Waals surface area (Å²) < 4.78 is 26.3. The number of piperidine rings is 1. The quantitative estimate of drug-likeness (QED) is 0.563. The molecule has 0 aliphatic carbocycles. The Kier molecular flexibility index (Phi) is 6.80. The number of likely N-dealkylation sites (tertiary alicyclic amines) is 1. The molecule has 1 aliphatic heterocycles. The molecular weight excluding hydrogens is 449 g/mol. The zero-order valence-corrected chi connectivity index (χ0v) is 19.3. The van der Waals surface area contributed by atoms with Crippen molar-refractivity contribution in [2.45, 2.75) is 25.0 Å². The molecule has 33 heavy (non-hydrogen) atoms. The number of ether oxygens (including phenoxy) is 2. The van der Waals surface area contributed by atoms with E-state index in [1.165, 1.54) is 12.4 Å². The summed E-state index contributed by atoms with van der Waals surface area (Å²) >= 11 is 5.91. The molecule has 1 amide bonds. The van der Waals surface area contributed by atoms with Crippen molar-refractivity contribution in [3.63, 3.8) is 0 Å². The molecular formula is C23H25ClFN5O3. The minimum Gasteiger partial charge on any atom is -0.493 e. The standard InChI is InChI=1S/C23H25ClFN5O3/c1-26-23(31)18-9-13(7-8-30(18)2)33-20-10-14-17(11-19(20)32-3)27-12-28-22(14)29-16-6-4-5-15(24)21(16)25/h4-6,10-13,18H,7-9H2,1-3H3,(H,26,31)(H,27,28,29)/t13-,18-/m0/s1. The normalized spacial score (nSPS) is 18.7. The van der Waals surface area contributed by atoms with Gasteiger partial charge in [0.2, 0.25) is 5.91 Å². The maximum atomic E-state index is 14.4. The van der Waals surface area contributed by atoms with Gasteiger partial charge in [-0.3, -0.25) is 9.69 Å². The second-order valence-corrected chi connectivity index (χ2v) is 8.25. The van der Waals surface area contributed by atoms with E-state index >= 15 is 0 Å². The number of hydrogen-bond acceptors (Lipinski definition) is 7. The van der Waals surface area contributed by atoms with E-state index in [1.807, 2.05) is 11.9 Å². The van der Waals surface area contributed by atoms with Crippen LogP contribution in [0.1, 0.15) is 12.8 Å². The number of nitrogens with one attached hydrogen (secondary N) is 2. The fraction of sp³-hybridized carbons (Fsp3) is 0.348. The number of amides is 1. The van der Waals surface area contributed by atoms with Crippen LogP contribution in [0.4, 0.5) is 15.9 Å². The highest BCUT2D eigenvalue weighted by Gasteiger charge is 2.32. The van der Waals surface area contributed by atoms with Crippen molar-refractivity contribution in [1.82, 2.24) is 20.2 Å². The molecule has 1 fully saturated rings. The summed E-state index contributed by atoms with van der Waals surface area (Å²) in [5.74, 6) is 0.804. The number of hydrogen-bond donors (Lipinski definition) is 2. The largest absolute Gasteiger partial charge is 0.493 e. The third kappa shape index (κ3) is 4.79. The highest BCUT2D eigenvalue weighted by Crippen LogP contribution is 2.37. The van der Waals surface area contributed by atoms with E-state index in [-0.39, 0.29) is 28.8 Å². The van der Waals surface area contributed by atoms with Gasteiger partial charge in [0.15, 0.2) is 17.3 Å². The number of halogens is 2. The van der Waals surface area contributed by atoms with Crippen LogP contribution in [0.3, 0.4) is 0 Å². The molecule has 0 bridgehead atoms. The van der Waals surface area contributed by atoms with Crippen molar-refractivity contribution in [3.05, 3.63) is 47.5 Å². The first-order chi connectivity index (χ1) is 15.9. The lowest BCUT2D eigenvalue weighted by molar-refractivity contribution is -0.127.